The van der Waals surface area contributed by atoms with Crippen molar-refractivity contribution < 1.29 is 17.9 Å². The van der Waals surface area contributed by atoms with E-state index in [1.165, 1.54) is 6.08 Å². The highest BCUT2D eigenvalue weighted by Crippen LogP contribution is 2.37. The van der Waals surface area contributed by atoms with Gasteiger partial charge in [-0.2, -0.15) is 0 Å². The van der Waals surface area contributed by atoms with Gasteiger partial charge in [0, 0.05) is 13.2 Å². The molecule has 1 fully saturated rings. The molecule has 0 radical (unpaired) electrons. The highest BCUT2D eigenvalue weighted by atomic mass is 32.2. The number of ether oxygens (including phenoxy) is 2. The summed E-state index contributed by atoms with van der Waals surface area (Å²) < 4.78 is 33.5. The summed E-state index contributed by atoms with van der Waals surface area (Å²) in [6, 6.07) is 0. The van der Waals surface area contributed by atoms with Gasteiger partial charge in [0.1, 0.15) is 11.0 Å². The fourth-order valence-electron chi connectivity index (χ4n) is 1.73. The van der Waals surface area contributed by atoms with Gasteiger partial charge in [-0.3, -0.25) is 0 Å². The minimum absolute atomic E-state index is 0.0711. The van der Waals surface area contributed by atoms with Crippen LogP contribution in [0, 0.1) is 0 Å². The lowest BCUT2D eigenvalue weighted by atomic mass is 10.2. The molecule has 1 saturated heterocycles. The van der Waals surface area contributed by atoms with E-state index in [0.29, 0.717) is 13.2 Å². The summed E-state index contributed by atoms with van der Waals surface area (Å²) in [5.41, 5.74) is 0. The van der Waals surface area contributed by atoms with Gasteiger partial charge in [-0.05, 0) is 13.8 Å². The van der Waals surface area contributed by atoms with Crippen molar-refractivity contribution in [2.45, 2.75) is 24.9 Å². The molecule has 1 aliphatic rings. The molecule has 1 atom stereocenters. The molecule has 0 N–H and O–H groups in total. The summed E-state index contributed by atoms with van der Waals surface area (Å²) in [5, 5.41) is -0.727. The Kier molecular flexibility index (Phi) is 3.34. The van der Waals surface area contributed by atoms with E-state index >= 15 is 0 Å². The zero-order valence-corrected chi connectivity index (χ0v) is 9.34. The Balaban J connectivity index is 2.86. The summed E-state index contributed by atoms with van der Waals surface area (Å²) in [6.07, 6.45) is 1.38. The third-order valence-electron chi connectivity index (χ3n) is 2.21. The van der Waals surface area contributed by atoms with E-state index in [9.17, 15) is 8.42 Å². The van der Waals surface area contributed by atoms with Crippen LogP contribution in [0.2, 0.25) is 0 Å². The molecule has 82 valence electrons. The first kappa shape index (κ1) is 11.7. The molecule has 0 amide bonds. The summed E-state index contributed by atoms with van der Waals surface area (Å²) in [6.45, 7) is 7.98. The molecule has 0 aromatic heterocycles. The lowest BCUT2D eigenvalue weighted by molar-refractivity contribution is -0.223. The lowest BCUT2D eigenvalue weighted by Gasteiger charge is -2.45. The van der Waals surface area contributed by atoms with E-state index in [0.717, 1.165) is 0 Å². The quantitative estimate of drug-likeness (QED) is 0.506. The highest BCUT2D eigenvalue weighted by molar-refractivity contribution is 7.93. The van der Waals surface area contributed by atoms with Gasteiger partial charge in [-0.15, -0.1) is 6.58 Å². The number of hydrogen-bond donors (Lipinski definition) is 0. The predicted molar refractivity (Wildman–Crippen MR) is 53.8 cm³/mol. The first-order chi connectivity index (χ1) is 6.52. The van der Waals surface area contributed by atoms with Crippen LogP contribution in [0.5, 0.6) is 0 Å². The van der Waals surface area contributed by atoms with Crippen molar-refractivity contribution in [3.8, 4) is 0 Å². The average molecular weight is 220 g/mol. The molecular formula is C9H16O4S. The summed E-state index contributed by atoms with van der Waals surface area (Å²) in [7, 11) is -3.09. The Bertz CT molecular complexity index is 301. The van der Waals surface area contributed by atoms with Crippen LogP contribution >= 0.6 is 0 Å². The minimum Gasteiger partial charge on any atom is -0.348 e. The second kappa shape index (κ2) is 4.00. The molecule has 0 saturated carbocycles. The van der Waals surface area contributed by atoms with E-state index in [1.54, 1.807) is 0 Å². The largest absolute Gasteiger partial charge is 0.348 e. The van der Waals surface area contributed by atoms with Crippen molar-refractivity contribution in [2.24, 2.45) is 0 Å². The second-order valence-corrected chi connectivity index (χ2v) is 5.26. The normalized spacial score (nSPS) is 28.0. The van der Waals surface area contributed by atoms with E-state index in [2.05, 4.69) is 6.58 Å². The first-order valence-electron chi connectivity index (χ1n) is 4.64. The summed E-state index contributed by atoms with van der Waals surface area (Å²) in [5.74, 6) is -1.05. The summed E-state index contributed by atoms with van der Waals surface area (Å²) in [4.78, 5) is 0. The molecule has 1 unspecified atom stereocenters. The maximum Gasteiger partial charge on any atom is 0.202 e. The number of hydrogen-bond acceptors (Lipinski definition) is 4. The van der Waals surface area contributed by atoms with E-state index in [4.69, 9.17) is 9.47 Å². The molecule has 0 spiro atoms. The summed E-state index contributed by atoms with van der Waals surface area (Å²) >= 11 is 0. The van der Waals surface area contributed by atoms with E-state index in [1.807, 2.05) is 13.8 Å². The smallest absolute Gasteiger partial charge is 0.202 e. The maximum atomic E-state index is 11.4. The van der Waals surface area contributed by atoms with Crippen LogP contribution in [-0.4, -0.2) is 38.4 Å². The molecule has 1 rings (SSSR count). The van der Waals surface area contributed by atoms with Crippen molar-refractivity contribution in [1.29, 1.82) is 0 Å². The van der Waals surface area contributed by atoms with Crippen LogP contribution < -0.4 is 0 Å². The Hall–Kier alpha value is -0.390. The fraction of sp³-hybridized carbons (Fsp3) is 0.778. The van der Waals surface area contributed by atoms with Gasteiger partial charge in [0.15, 0.2) is 9.84 Å². The molecular weight excluding hydrogens is 204 g/mol. The zero-order valence-electron chi connectivity index (χ0n) is 8.52. The zero-order chi connectivity index (χ0) is 10.8. The maximum absolute atomic E-state index is 11.4. The van der Waals surface area contributed by atoms with Crippen LogP contribution in [-0.2, 0) is 19.3 Å². The van der Waals surface area contributed by atoms with Crippen LogP contribution in [0.1, 0.15) is 13.8 Å². The highest BCUT2D eigenvalue weighted by Gasteiger charge is 2.59. The number of sulfone groups is 1. The lowest BCUT2D eigenvalue weighted by Crippen LogP contribution is -2.65. The van der Waals surface area contributed by atoms with Crippen molar-refractivity contribution in [3.05, 3.63) is 12.7 Å². The van der Waals surface area contributed by atoms with Crippen molar-refractivity contribution >= 4 is 9.84 Å². The standard InChI is InChI=1S/C9H16O4S/c1-4-8-9(12-5-2,13-6-3)7-14(8,10)11/h4,8H,1,5-7H2,2-3H3. The Morgan fingerprint density at radius 1 is 1.43 bits per heavy atom. The Morgan fingerprint density at radius 3 is 2.21 bits per heavy atom. The molecule has 0 aliphatic carbocycles. The van der Waals surface area contributed by atoms with Crippen LogP contribution in [0.3, 0.4) is 0 Å². The molecule has 5 heteroatoms. The van der Waals surface area contributed by atoms with Crippen LogP contribution in [0.15, 0.2) is 12.7 Å². The molecule has 0 bridgehead atoms. The molecule has 14 heavy (non-hydrogen) atoms. The van der Waals surface area contributed by atoms with E-state index < -0.39 is 20.9 Å². The third-order valence-corrected chi connectivity index (χ3v) is 4.34. The third kappa shape index (κ3) is 1.71. The van der Waals surface area contributed by atoms with Crippen LogP contribution in [0.4, 0.5) is 0 Å². The monoisotopic (exact) mass is 220 g/mol. The fourth-order valence-corrected chi connectivity index (χ4v) is 3.58. The topological polar surface area (TPSA) is 52.6 Å². The van der Waals surface area contributed by atoms with Gasteiger partial charge in [-0.1, -0.05) is 6.08 Å². The second-order valence-electron chi connectivity index (χ2n) is 3.14. The van der Waals surface area contributed by atoms with Gasteiger partial charge in [-0.25, -0.2) is 8.42 Å². The van der Waals surface area contributed by atoms with Gasteiger partial charge in [0.05, 0.1) is 0 Å². The van der Waals surface area contributed by atoms with Gasteiger partial charge in [0.2, 0.25) is 5.79 Å². The van der Waals surface area contributed by atoms with E-state index in [-0.39, 0.29) is 5.75 Å². The van der Waals surface area contributed by atoms with Gasteiger partial charge in [0.25, 0.3) is 0 Å². The Labute approximate surface area is 84.8 Å². The molecule has 1 aliphatic heterocycles. The van der Waals surface area contributed by atoms with Crippen molar-refractivity contribution in [3.63, 3.8) is 0 Å². The van der Waals surface area contributed by atoms with Gasteiger partial charge >= 0.3 is 0 Å². The SMILES string of the molecule is C=CC1C(OCC)(OCC)CS1(=O)=O. The van der Waals surface area contributed by atoms with Gasteiger partial charge < -0.3 is 9.47 Å². The van der Waals surface area contributed by atoms with Crippen molar-refractivity contribution in [2.75, 3.05) is 19.0 Å². The molecule has 4 nitrogen and oxygen atoms in total. The number of rotatable bonds is 5. The predicted octanol–water partition coefficient (Wildman–Crippen LogP) is 0.739. The average Bonchev–Trinajstić information content (AvgIpc) is 2.03. The molecule has 0 aromatic carbocycles. The molecule has 1 heterocycles. The molecule has 0 aromatic rings. The van der Waals surface area contributed by atoms with Crippen molar-refractivity contribution in [1.82, 2.24) is 0 Å². The first-order valence-corrected chi connectivity index (χ1v) is 6.36. The van der Waals surface area contributed by atoms with Crippen LogP contribution in [0.25, 0.3) is 0 Å². The minimum atomic E-state index is -3.09. The Morgan fingerprint density at radius 2 is 1.93 bits per heavy atom.